The number of aromatic nitrogens is 2. The molecule has 0 aliphatic heterocycles. The second kappa shape index (κ2) is 7.69. The first-order valence-corrected chi connectivity index (χ1v) is 7.93. The van der Waals surface area contributed by atoms with Gasteiger partial charge in [0.05, 0.1) is 6.20 Å². The van der Waals surface area contributed by atoms with Crippen molar-refractivity contribution in [3.63, 3.8) is 0 Å². The summed E-state index contributed by atoms with van der Waals surface area (Å²) in [6.45, 7) is 2.96. The number of halogens is 1. The van der Waals surface area contributed by atoms with E-state index < -0.39 is 0 Å². The number of thioether (sulfide) groups is 1. The molecule has 20 heavy (non-hydrogen) atoms. The van der Waals surface area contributed by atoms with Crippen LogP contribution in [0.1, 0.15) is 12.5 Å². The highest BCUT2D eigenvalue weighted by Gasteiger charge is 2.10. The maximum atomic E-state index is 5.98. The predicted molar refractivity (Wildman–Crippen MR) is 84.9 cm³/mol. The van der Waals surface area contributed by atoms with E-state index in [4.69, 9.17) is 17.4 Å². The molecular weight excluding hydrogens is 292 g/mol. The van der Waals surface area contributed by atoms with E-state index in [2.05, 4.69) is 29.7 Å². The highest BCUT2D eigenvalue weighted by Crippen LogP contribution is 2.22. The minimum atomic E-state index is 0.202. The fourth-order valence-corrected chi connectivity index (χ4v) is 3.14. The zero-order chi connectivity index (χ0) is 14.4. The van der Waals surface area contributed by atoms with Crippen molar-refractivity contribution >= 4 is 23.4 Å². The molecule has 1 unspecified atom stereocenters. The van der Waals surface area contributed by atoms with Gasteiger partial charge in [-0.05, 0) is 37.1 Å². The van der Waals surface area contributed by atoms with Gasteiger partial charge in [-0.1, -0.05) is 17.7 Å². The Bertz CT molecular complexity index is 543. The van der Waals surface area contributed by atoms with Crippen molar-refractivity contribution in [2.24, 2.45) is 5.84 Å². The summed E-state index contributed by atoms with van der Waals surface area (Å²) in [6.07, 6.45) is 4.83. The number of hydrazine groups is 1. The van der Waals surface area contributed by atoms with Gasteiger partial charge >= 0.3 is 0 Å². The van der Waals surface area contributed by atoms with E-state index in [9.17, 15) is 0 Å². The Morgan fingerprint density at radius 3 is 3.00 bits per heavy atom. The SMILES string of the molecule is CCn1cc(CC(CSc2cccc(Cl)c2)NN)cn1. The number of nitrogens with two attached hydrogens (primary N) is 1. The van der Waals surface area contributed by atoms with E-state index in [0.29, 0.717) is 0 Å². The van der Waals surface area contributed by atoms with Crippen LogP contribution in [0.2, 0.25) is 5.02 Å². The number of hydrogen-bond donors (Lipinski definition) is 2. The van der Waals surface area contributed by atoms with Gasteiger partial charge in [0.1, 0.15) is 0 Å². The van der Waals surface area contributed by atoms with Crippen molar-refractivity contribution in [2.45, 2.75) is 30.8 Å². The summed E-state index contributed by atoms with van der Waals surface area (Å²) in [4.78, 5) is 1.15. The molecule has 2 aromatic rings. The molecule has 1 heterocycles. The standard InChI is InChI=1S/C14H19ClN4S/c1-2-19-9-11(8-17-19)6-13(18-16)10-20-14-5-3-4-12(15)7-14/h3-5,7-9,13,18H,2,6,10,16H2,1H3. The fourth-order valence-electron chi connectivity index (χ4n) is 1.89. The molecule has 4 nitrogen and oxygen atoms in total. The molecule has 0 spiro atoms. The maximum Gasteiger partial charge on any atom is 0.0522 e. The lowest BCUT2D eigenvalue weighted by molar-refractivity contribution is 0.574. The summed E-state index contributed by atoms with van der Waals surface area (Å²) in [5, 5.41) is 5.04. The lowest BCUT2D eigenvalue weighted by Gasteiger charge is -2.14. The van der Waals surface area contributed by atoms with Gasteiger partial charge in [0.15, 0.2) is 0 Å². The fraction of sp³-hybridized carbons (Fsp3) is 0.357. The molecule has 6 heteroatoms. The predicted octanol–water partition coefficient (Wildman–Crippen LogP) is 2.72. The molecule has 0 saturated carbocycles. The number of nitrogens with zero attached hydrogens (tertiary/aromatic N) is 2. The zero-order valence-electron chi connectivity index (χ0n) is 11.4. The van der Waals surface area contributed by atoms with Gasteiger partial charge in [-0.3, -0.25) is 16.0 Å². The Hall–Kier alpha value is -1.01. The minimum Gasteiger partial charge on any atom is -0.273 e. The van der Waals surface area contributed by atoms with E-state index in [-0.39, 0.29) is 6.04 Å². The van der Waals surface area contributed by atoms with E-state index in [0.717, 1.165) is 28.6 Å². The smallest absolute Gasteiger partial charge is 0.0522 e. The van der Waals surface area contributed by atoms with E-state index in [1.165, 1.54) is 5.56 Å². The third-order valence-electron chi connectivity index (χ3n) is 2.98. The van der Waals surface area contributed by atoms with Gasteiger partial charge < -0.3 is 0 Å². The van der Waals surface area contributed by atoms with Crippen LogP contribution in [0.15, 0.2) is 41.6 Å². The number of hydrogen-bond acceptors (Lipinski definition) is 4. The molecule has 3 N–H and O–H groups in total. The first-order chi connectivity index (χ1) is 9.71. The molecule has 108 valence electrons. The van der Waals surface area contributed by atoms with Gasteiger partial charge in [0.25, 0.3) is 0 Å². The summed E-state index contributed by atoms with van der Waals surface area (Å²) in [5.41, 5.74) is 4.07. The molecule has 0 radical (unpaired) electrons. The molecular formula is C14H19ClN4S. The van der Waals surface area contributed by atoms with E-state index >= 15 is 0 Å². The molecule has 0 aliphatic carbocycles. The minimum absolute atomic E-state index is 0.202. The summed E-state index contributed by atoms with van der Waals surface area (Å²) >= 11 is 7.72. The van der Waals surface area contributed by atoms with Gasteiger partial charge in [-0.2, -0.15) is 5.10 Å². The first-order valence-electron chi connectivity index (χ1n) is 6.57. The molecule has 0 amide bonds. The normalized spacial score (nSPS) is 12.6. The largest absolute Gasteiger partial charge is 0.273 e. The maximum absolute atomic E-state index is 5.98. The lowest BCUT2D eigenvalue weighted by atomic mass is 10.1. The van der Waals surface area contributed by atoms with Crippen LogP contribution in [-0.4, -0.2) is 21.6 Å². The van der Waals surface area contributed by atoms with Crippen LogP contribution >= 0.6 is 23.4 Å². The van der Waals surface area contributed by atoms with Crippen LogP contribution in [0.4, 0.5) is 0 Å². The van der Waals surface area contributed by atoms with Crippen LogP contribution in [0, 0.1) is 0 Å². The number of aryl methyl sites for hydroxylation is 1. The molecule has 1 aromatic heterocycles. The van der Waals surface area contributed by atoms with Crippen molar-refractivity contribution in [1.29, 1.82) is 0 Å². The van der Waals surface area contributed by atoms with Crippen LogP contribution < -0.4 is 11.3 Å². The van der Waals surface area contributed by atoms with Crippen LogP contribution in [0.3, 0.4) is 0 Å². The molecule has 2 rings (SSSR count). The van der Waals surface area contributed by atoms with Gasteiger partial charge in [-0.15, -0.1) is 11.8 Å². The number of rotatable bonds is 7. The molecule has 0 aliphatic rings. The Balaban J connectivity index is 1.89. The van der Waals surface area contributed by atoms with Gasteiger partial charge in [0, 0.05) is 34.5 Å². The van der Waals surface area contributed by atoms with Crippen molar-refractivity contribution in [1.82, 2.24) is 15.2 Å². The van der Waals surface area contributed by atoms with Crippen molar-refractivity contribution in [2.75, 3.05) is 5.75 Å². The quantitative estimate of drug-likeness (QED) is 0.469. The van der Waals surface area contributed by atoms with Crippen LogP contribution in [0.25, 0.3) is 0 Å². The zero-order valence-corrected chi connectivity index (χ0v) is 13.0. The second-order valence-electron chi connectivity index (χ2n) is 4.54. The van der Waals surface area contributed by atoms with Crippen molar-refractivity contribution < 1.29 is 0 Å². The Kier molecular flexibility index (Phi) is 5.91. The highest BCUT2D eigenvalue weighted by molar-refractivity contribution is 7.99. The average molecular weight is 311 g/mol. The average Bonchev–Trinajstić information content (AvgIpc) is 2.91. The second-order valence-corrected chi connectivity index (χ2v) is 6.07. The number of benzene rings is 1. The van der Waals surface area contributed by atoms with Crippen LogP contribution in [0.5, 0.6) is 0 Å². The van der Waals surface area contributed by atoms with Crippen molar-refractivity contribution in [3.05, 3.63) is 47.2 Å². The summed E-state index contributed by atoms with van der Waals surface area (Å²) in [6, 6.07) is 8.06. The van der Waals surface area contributed by atoms with Gasteiger partial charge in [0.2, 0.25) is 0 Å². The lowest BCUT2D eigenvalue weighted by Crippen LogP contribution is -2.38. The van der Waals surface area contributed by atoms with Gasteiger partial charge in [-0.25, -0.2) is 0 Å². The summed E-state index contributed by atoms with van der Waals surface area (Å²) in [7, 11) is 0. The van der Waals surface area contributed by atoms with Crippen molar-refractivity contribution in [3.8, 4) is 0 Å². The van der Waals surface area contributed by atoms with E-state index in [1.54, 1.807) is 11.8 Å². The molecule has 1 atom stereocenters. The molecule has 1 aromatic carbocycles. The third-order valence-corrected chi connectivity index (χ3v) is 4.37. The number of nitrogens with one attached hydrogen (secondary N) is 1. The molecule has 0 fully saturated rings. The molecule has 0 bridgehead atoms. The monoisotopic (exact) mass is 310 g/mol. The van der Waals surface area contributed by atoms with E-state index in [1.807, 2.05) is 29.1 Å². The third kappa shape index (κ3) is 4.52. The highest BCUT2D eigenvalue weighted by atomic mass is 35.5. The Morgan fingerprint density at radius 1 is 1.50 bits per heavy atom. The topological polar surface area (TPSA) is 55.9 Å². The summed E-state index contributed by atoms with van der Waals surface area (Å²) in [5.74, 6) is 6.52. The summed E-state index contributed by atoms with van der Waals surface area (Å²) < 4.78 is 1.92. The molecule has 0 saturated heterocycles. The van der Waals surface area contributed by atoms with Crippen LogP contribution in [-0.2, 0) is 13.0 Å². The first kappa shape index (κ1) is 15.4. The Morgan fingerprint density at radius 2 is 2.35 bits per heavy atom. The Labute approximate surface area is 128 Å².